The number of rotatable bonds is 4. The van der Waals surface area contributed by atoms with Crippen LogP contribution in [-0.2, 0) is 4.74 Å². The molecule has 0 bridgehead atoms. The number of hydrogen-bond donors (Lipinski definition) is 1. The highest BCUT2D eigenvalue weighted by Gasteiger charge is 2.12. The van der Waals surface area contributed by atoms with Crippen LogP contribution in [-0.4, -0.2) is 17.6 Å². The first kappa shape index (κ1) is 15.9. The van der Waals surface area contributed by atoms with Crippen molar-refractivity contribution in [2.45, 2.75) is 6.92 Å². The molecule has 0 saturated carbocycles. The van der Waals surface area contributed by atoms with Gasteiger partial charge in [0.2, 0.25) is 0 Å². The number of carbonyl (C=O) groups excluding carboxylic acids is 1. The van der Waals surface area contributed by atoms with Crippen molar-refractivity contribution in [1.82, 2.24) is 4.98 Å². The zero-order chi connectivity index (χ0) is 16.4. The van der Waals surface area contributed by atoms with Crippen LogP contribution in [0.3, 0.4) is 0 Å². The molecule has 0 aliphatic carbocycles. The topological polar surface area (TPSA) is 51.3 Å². The Bertz CT molecular complexity index is 875. The minimum atomic E-state index is -0.372. The molecule has 0 atom stereocenters. The zero-order valence-electron chi connectivity index (χ0n) is 12.2. The van der Waals surface area contributed by atoms with Crippen LogP contribution in [0.2, 0.25) is 5.02 Å². The number of esters is 1. The van der Waals surface area contributed by atoms with E-state index >= 15 is 0 Å². The van der Waals surface area contributed by atoms with Crippen molar-refractivity contribution in [3.05, 3.63) is 57.7 Å². The Hall–Kier alpha value is -1.98. The maximum atomic E-state index is 11.8. The third-order valence-corrected chi connectivity index (χ3v) is 4.59. The van der Waals surface area contributed by atoms with Gasteiger partial charge in [-0.25, -0.2) is 4.79 Å². The lowest BCUT2D eigenvalue weighted by Crippen LogP contribution is -2.04. The Balaban J connectivity index is 1.91. The molecule has 118 valence electrons. The minimum Gasteiger partial charge on any atom is -0.461 e. The number of fused-ring (bicyclic) bond motifs is 1. The van der Waals surface area contributed by atoms with Gasteiger partial charge in [0.15, 0.2) is 0 Å². The van der Waals surface area contributed by atoms with E-state index in [0.29, 0.717) is 33.3 Å². The van der Waals surface area contributed by atoms with Crippen LogP contribution in [0.15, 0.2) is 46.9 Å². The summed E-state index contributed by atoms with van der Waals surface area (Å²) in [5, 5.41) is 1.44. The number of ether oxygens (including phenoxy) is 2. The third-order valence-electron chi connectivity index (χ3n) is 3.23. The lowest BCUT2D eigenvalue weighted by molar-refractivity contribution is 0.0520. The molecule has 2 aromatic carbocycles. The van der Waals surface area contributed by atoms with Crippen LogP contribution < -0.4 is 4.74 Å². The van der Waals surface area contributed by atoms with Crippen LogP contribution in [0, 0.1) is 0 Å². The van der Waals surface area contributed by atoms with Gasteiger partial charge < -0.3 is 14.5 Å². The van der Waals surface area contributed by atoms with E-state index in [4.69, 9.17) is 21.1 Å². The maximum absolute atomic E-state index is 11.8. The lowest BCUT2D eigenvalue weighted by atomic mass is 10.2. The standard InChI is InChI=1S/C17H13BrClNO3/c1-2-22-17(21)14-9-10-8-11(6-7-13(10)20-14)23-15-5-3-4-12(19)16(15)18/h3-9,20H,2H2,1H3. The van der Waals surface area contributed by atoms with E-state index < -0.39 is 0 Å². The summed E-state index contributed by atoms with van der Waals surface area (Å²) in [7, 11) is 0. The van der Waals surface area contributed by atoms with E-state index in [9.17, 15) is 4.79 Å². The Kier molecular flexibility index (Phi) is 4.59. The van der Waals surface area contributed by atoms with Gasteiger partial charge in [-0.2, -0.15) is 0 Å². The van der Waals surface area contributed by atoms with E-state index in [1.165, 1.54) is 0 Å². The van der Waals surface area contributed by atoms with Gasteiger partial charge in [-0.05, 0) is 59.3 Å². The number of aromatic nitrogens is 1. The van der Waals surface area contributed by atoms with Crippen molar-refractivity contribution in [1.29, 1.82) is 0 Å². The van der Waals surface area contributed by atoms with Crippen LogP contribution in [0.1, 0.15) is 17.4 Å². The maximum Gasteiger partial charge on any atom is 0.354 e. The highest BCUT2D eigenvalue weighted by Crippen LogP contribution is 2.35. The molecule has 4 nitrogen and oxygen atoms in total. The fraction of sp³-hybridized carbons (Fsp3) is 0.118. The van der Waals surface area contributed by atoms with E-state index in [2.05, 4.69) is 20.9 Å². The highest BCUT2D eigenvalue weighted by molar-refractivity contribution is 9.10. The number of benzene rings is 2. The number of hydrogen-bond acceptors (Lipinski definition) is 3. The molecule has 0 aliphatic heterocycles. The van der Waals surface area contributed by atoms with Crippen LogP contribution in [0.5, 0.6) is 11.5 Å². The molecule has 1 heterocycles. The predicted octanol–water partition coefficient (Wildman–Crippen LogP) is 5.55. The minimum absolute atomic E-state index is 0.339. The van der Waals surface area contributed by atoms with Crippen LogP contribution in [0.4, 0.5) is 0 Å². The zero-order valence-corrected chi connectivity index (χ0v) is 14.6. The van der Waals surface area contributed by atoms with Gasteiger partial charge in [-0.15, -0.1) is 0 Å². The molecule has 3 rings (SSSR count). The smallest absolute Gasteiger partial charge is 0.354 e. The Morgan fingerprint density at radius 2 is 2.09 bits per heavy atom. The average molecular weight is 395 g/mol. The van der Waals surface area contributed by atoms with Gasteiger partial charge in [-0.3, -0.25) is 0 Å². The van der Waals surface area contributed by atoms with Crippen molar-refractivity contribution in [2.75, 3.05) is 6.61 Å². The summed E-state index contributed by atoms with van der Waals surface area (Å²) in [5.74, 6) is 0.900. The molecule has 23 heavy (non-hydrogen) atoms. The molecule has 0 saturated heterocycles. The monoisotopic (exact) mass is 393 g/mol. The molecule has 3 aromatic rings. The summed E-state index contributed by atoms with van der Waals surface area (Å²) in [6, 6.07) is 12.7. The molecule has 0 fully saturated rings. The second kappa shape index (κ2) is 6.64. The Labute approximate surface area is 146 Å². The molecule has 1 N–H and O–H groups in total. The molecule has 0 radical (unpaired) electrons. The van der Waals surface area contributed by atoms with Gasteiger partial charge in [0.1, 0.15) is 17.2 Å². The molecule has 0 amide bonds. The van der Waals surface area contributed by atoms with Gasteiger partial charge in [0.25, 0.3) is 0 Å². The molecule has 0 unspecified atom stereocenters. The molecular formula is C17H13BrClNO3. The lowest BCUT2D eigenvalue weighted by Gasteiger charge is -2.08. The number of halogens is 2. The summed E-state index contributed by atoms with van der Waals surface area (Å²) >= 11 is 9.46. The predicted molar refractivity (Wildman–Crippen MR) is 93.5 cm³/mol. The molecule has 1 aromatic heterocycles. The first-order chi connectivity index (χ1) is 11.1. The SMILES string of the molecule is CCOC(=O)c1cc2cc(Oc3cccc(Cl)c3Br)ccc2[nH]1. The fourth-order valence-corrected chi connectivity index (χ4v) is 2.69. The van der Waals surface area contributed by atoms with Gasteiger partial charge in [0.05, 0.1) is 16.1 Å². The highest BCUT2D eigenvalue weighted by atomic mass is 79.9. The summed E-state index contributed by atoms with van der Waals surface area (Å²) < 4.78 is 11.5. The quantitative estimate of drug-likeness (QED) is 0.590. The Morgan fingerprint density at radius 3 is 2.87 bits per heavy atom. The van der Waals surface area contributed by atoms with Crippen molar-refractivity contribution in [2.24, 2.45) is 0 Å². The normalized spacial score (nSPS) is 10.7. The molecule has 6 heteroatoms. The second-order valence-electron chi connectivity index (χ2n) is 4.81. The molecular weight excluding hydrogens is 382 g/mol. The van der Waals surface area contributed by atoms with Crippen molar-refractivity contribution in [3.8, 4) is 11.5 Å². The number of aromatic amines is 1. The van der Waals surface area contributed by atoms with Gasteiger partial charge in [0, 0.05) is 10.9 Å². The van der Waals surface area contributed by atoms with E-state index in [0.717, 1.165) is 10.9 Å². The van der Waals surface area contributed by atoms with E-state index in [1.54, 1.807) is 19.1 Å². The molecule has 0 spiro atoms. The summed E-state index contributed by atoms with van der Waals surface area (Å²) in [6.45, 7) is 2.11. The summed E-state index contributed by atoms with van der Waals surface area (Å²) in [4.78, 5) is 14.8. The van der Waals surface area contributed by atoms with Crippen molar-refractivity contribution >= 4 is 44.4 Å². The third kappa shape index (κ3) is 3.35. The number of H-pyrrole nitrogens is 1. The second-order valence-corrected chi connectivity index (χ2v) is 6.01. The Morgan fingerprint density at radius 1 is 1.26 bits per heavy atom. The van der Waals surface area contributed by atoms with Gasteiger partial charge in [-0.1, -0.05) is 17.7 Å². The largest absolute Gasteiger partial charge is 0.461 e. The first-order valence-electron chi connectivity index (χ1n) is 7.00. The molecule has 0 aliphatic rings. The van der Waals surface area contributed by atoms with E-state index in [1.807, 2.05) is 30.3 Å². The number of nitrogens with one attached hydrogen (secondary N) is 1. The number of carbonyl (C=O) groups is 1. The van der Waals surface area contributed by atoms with Crippen molar-refractivity contribution in [3.63, 3.8) is 0 Å². The summed E-state index contributed by atoms with van der Waals surface area (Å²) in [6.07, 6.45) is 0. The average Bonchev–Trinajstić information content (AvgIpc) is 2.95. The first-order valence-corrected chi connectivity index (χ1v) is 8.17. The fourth-order valence-electron chi connectivity index (χ4n) is 2.18. The van der Waals surface area contributed by atoms with Gasteiger partial charge >= 0.3 is 5.97 Å². The van der Waals surface area contributed by atoms with Crippen LogP contribution in [0.25, 0.3) is 10.9 Å². The van der Waals surface area contributed by atoms with E-state index in [-0.39, 0.29) is 5.97 Å². The van der Waals surface area contributed by atoms with Crippen molar-refractivity contribution < 1.29 is 14.3 Å². The van der Waals surface area contributed by atoms with Crippen LogP contribution >= 0.6 is 27.5 Å². The summed E-state index contributed by atoms with van der Waals surface area (Å²) in [5.41, 5.74) is 1.26.